The van der Waals surface area contributed by atoms with Gasteiger partial charge in [-0.15, -0.1) is 0 Å². The molecule has 1 saturated carbocycles. The van der Waals surface area contributed by atoms with E-state index in [1.165, 1.54) is 18.6 Å². The number of hydrogen-bond donors (Lipinski definition) is 2. The molecule has 0 aliphatic heterocycles. The number of amides is 1. The highest BCUT2D eigenvalue weighted by Crippen LogP contribution is 2.34. The molecule has 0 unspecified atom stereocenters. The highest BCUT2D eigenvalue weighted by Gasteiger charge is 2.19. The molecular weight excluding hydrogens is 444 g/mol. The van der Waals surface area contributed by atoms with Crippen LogP contribution < -0.4 is 10.9 Å². The van der Waals surface area contributed by atoms with Gasteiger partial charge in [-0.1, -0.05) is 19.3 Å². The summed E-state index contributed by atoms with van der Waals surface area (Å²) >= 11 is 4.54. The minimum Gasteiger partial charge on any atom is -0.449 e. The molecule has 0 saturated heterocycles. The summed E-state index contributed by atoms with van der Waals surface area (Å²) in [5, 5.41) is 13.2. The second-order valence-electron chi connectivity index (χ2n) is 6.56. The van der Waals surface area contributed by atoms with Gasteiger partial charge in [-0.05, 0) is 53.5 Å². The Balaban J connectivity index is 1.75. The number of nitrogens with zero attached hydrogens (tertiary/aromatic N) is 2. The first kappa shape index (κ1) is 20.4. The molecule has 1 aliphatic rings. The van der Waals surface area contributed by atoms with Gasteiger partial charge in [-0.3, -0.25) is 9.59 Å². The molecule has 28 heavy (non-hydrogen) atoms. The summed E-state index contributed by atoms with van der Waals surface area (Å²) in [6, 6.07) is 5.13. The number of carbonyl (C=O) groups is 1. The fourth-order valence-electron chi connectivity index (χ4n) is 3.00. The fraction of sp³-hybridized carbons (Fsp3) is 0.368. The van der Waals surface area contributed by atoms with E-state index in [0.29, 0.717) is 26.2 Å². The molecule has 0 radical (unpaired) electrons. The Morgan fingerprint density at radius 3 is 2.86 bits per heavy atom. The van der Waals surface area contributed by atoms with Crippen LogP contribution in [0.4, 0.5) is 0 Å². The first-order valence-electron chi connectivity index (χ1n) is 8.92. The molecule has 3 rings (SSSR count). The van der Waals surface area contributed by atoms with Gasteiger partial charge in [0.25, 0.3) is 11.5 Å². The van der Waals surface area contributed by atoms with Crippen molar-refractivity contribution in [3.8, 4) is 6.07 Å². The van der Waals surface area contributed by atoms with Crippen LogP contribution in [0.25, 0.3) is 6.08 Å². The van der Waals surface area contributed by atoms with Crippen molar-refractivity contribution in [2.24, 2.45) is 0 Å². The number of aromatic nitrogens is 2. The third-order valence-electron chi connectivity index (χ3n) is 4.30. The molecule has 2 aromatic heterocycles. The lowest BCUT2D eigenvalue weighted by molar-refractivity contribution is -0.117. The molecule has 0 spiro atoms. The van der Waals surface area contributed by atoms with Gasteiger partial charge in [-0.2, -0.15) is 5.26 Å². The number of H-pyrrole nitrogens is 1. The van der Waals surface area contributed by atoms with Gasteiger partial charge in [0.1, 0.15) is 17.4 Å². The van der Waals surface area contributed by atoms with E-state index in [2.05, 4.69) is 31.2 Å². The molecule has 1 amide bonds. The zero-order valence-electron chi connectivity index (χ0n) is 15.3. The normalized spacial score (nSPS) is 15.2. The summed E-state index contributed by atoms with van der Waals surface area (Å²) in [7, 11) is 0. The molecule has 0 aromatic carbocycles. The van der Waals surface area contributed by atoms with Gasteiger partial charge in [0.2, 0.25) is 0 Å². The van der Waals surface area contributed by atoms with Gasteiger partial charge >= 0.3 is 0 Å². The number of carbonyl (C=O) groups excluding carboxylic acids is 1. The standard InChI is InChI=1S/C19H19BrN4O3S/c1-11-7-16(25)24-19(22-11)28-18-15(20)9-14(27-18)8-12(10-21)17(26)23-13-5-3-2-4-6-13/h7-9,13H,2-6H2,1H3,(H,23,26)(H,22,24,25)/b12-8+. The van der Waals surface area contributed by atoms with Crippen LogP contribution in [0.3, 0.4) is 0 Å². The minimum absolute atomic E-state index is 0.00883. The van der Waals surface area contributed by atoms with E-state index in [-0.39, 0.29) is 23.1 Å². The number of furan rings is 1. The van der Waals surface area contributed by atoms with Crippen LogP contribution in [0.5, 0.6) is 0 Å². The first-order valence-corrected chi connectivity index (χ1v) is 10.5. The summed E-state index contributed by atoms with van der Waals surface area (Å²) in [6.45, 7) is 1.73. The highest BCUT2D eigenvalue weighted by molar-refractivity contribution is 9.10. The van der Waals surface area contributed by atoms with Crippen LogP contribution in [0.1, 0.15) is 43.6 Å². The number of rotatable bonds is 5. The van der Waals surface area contributed by atoms with E-state index in [0.717, 1.165) is 37.4 Å². The maximum atomic E-state index is 12.4. The number of halogens is 1. The Hall–Kier alpha value is -2.31. The number of aryl methyl sites for hydroxylation is 1. The summed E-state index contributed by atoms with van der Waals surface area (Å²) in [5.41, 5.74) is 0.342. The molecule has 9 heteroatoms. The molecule has 0 bridgehead atoms. The van der Waals surface area contributed by atoms with E-state index in [1.54, 1.807) is 13.0 Å². The summed E-state index contributed by atoms with van der Waals surface area (Å²) in [5.74, 6) is -0.0273. The van der Waals surface area contributed by atoms with Crippen molar-refractivity contribution in [3.63, 3.8) is 0 Å². The summed E-state index contributed by atoms with van der Waals surface area (Å²) < 4.78 is 6.35. The van der Waals surface area contributed by atoms with Gasteiger partial charge in [0.15, 0.2) is 10.2 Å². The van der Waals surface area contributed by atoms with Gasteiger partial charge in [-0.25, -0.2) is 4.98 Å². The van der Waals surface area contributed by atoms with Crippen LogP contribution in [0, 0.1) is 18.3 Å². The van der Waals surface area contributed by atoms with Crippen molar-refractivity contribution >= 4 is 39.7 Å². The lowest BCUT2D eigenvalue weighted by atomic mass is 9.95. The van der Waals surface area contributed by atoms with Crippen molar-refractivity contribution in [2.45, 2.75) is 55.3 Å². The van der Waals surface area contributed by atoms with Crippen LogP contribution in [-0.2, 0) is 4.79 Å². The third-order valence-corrected chi connectivity index (χ3v) is 6.03. The lowest BCUT2D eigenvalue weighted by Crippen LogP contribution is -2.36. The van der Waals surface area contributed by atoms with Gasteiger partial charge in [0, 0.05) is 23.9 Å². The second-order valence-corrected chi connectivity index (χ2v) is 8.37. The quantitative estimate of drug-likeness (QED) is 0.395. The van der Waals surface area contributed by atoms with Crippen molar-refractivity contribution < 1.29 is 9.21 Å². The molecule has 2 N–H and O–H groups in total. The van der Waals surface area contributed by atoms with E-state index in [9.17, 15) is 14.9 Å². The average Bonchev–Trinajstić information content (AvgIpc) is 2.98. The molecule has 2 heterocycles. The number of aromatic amines is 1. The molecule has 0 atom stereocenters. The Morgan fingerprint density at radius 1 is 1.43 bits per heavy atom. The highest BCUT2D eigenvalue weighted by atomic mass is 79.9. The summed E-state index contributed by atoms with van der Waals surface area (Å²) in [4.78, 5) is 30.8. The Kier molecular flexibility index (Phi) is 6.75. The van der Waals surface area contributed by atoms with Gasteiger partial charge in [0.05, 0.1) is 4.47 Å². The topological polar surface area (TPSA) is 112 Å². The van der Waals surface area contributed by atoms with Crippen molar-refractivity contribution in [2.75, 3.05) is 0 Å². The fourth-order valence-corrected chi connectivity index (χ4v) is 4.36. The van der Waals surface area contributed by atoms with Crippen molar-refractivity contribution in [1.82, 2.24) is 15.3 Å². The third kappa shape index (κ3) is 5.36. The predicted molar refractivity (Wildman–Crippen MR) is 109 cm³/mol. The molecule has 7 nitrogen and oxygen atoms in total. The van der Waals surface area contributed by atoms with Crippen LogP contribution >= 0.6 is 27.7 Å². The smallest absolute Gasteiger partial charge is 0.262 e. The van der Waals surface area contributed by atoms with Crippen LogP contribution in [0.2, 0.25) is 0 Å². The van der Waals surface area contributed by atoms with E-state index in [4.69, 9.17) is 4.42 Å². The molecule has 1 fully saturated rings. The Bertz CT molecular complexity index is 999. The number of hydrogen-bond acceptors (Lipinski definition) is 6. The molecule has 1 aliphatic carbocycles. The monoisotopic (exact) mass is 462 g/mol. The molecular formula is C19H19BrN4O3S. The Morgan fingerprint density at radius 2 is 2.18 bits per heavy atom. The van der Waals surface area contributed by atoms with Crippen molar-refractivity contribution in [3.05, 3.63) is 44.0 Å². The van der Waals surface area contributed by atoms with Crippen molar-refractivity contribution in [1.29, 1.82) is 5.26 Å². The zero-order chi connectivity index (χ0) is 20.1. The zero-order valence-corrected chi connectivity index (χ0v) is 17.7. The second kappa shape index (κ2) is 9.26. The summed E-state index contributed by atoms with van der Waals surface area (Å²) in [6.07, 6.45) is 6.68. The van der Waals surface area contributed by atoms with Crippen LogP contribution in [-0.4, -0.2) is 21.9 Å². The predicted octanol–water partition coefficient (Wildman–Crippen LogP) is 3.94. The Labute approximate surface area is 174 Å². The minimum atomic E-state index is -0.388. The first-order chi connectivity index (χ1) is 13.4. The number of nitriles is 1. The molecule has 146 valence electrons. The van der Waals surface area contributed by atoms with Crippen LogP contribution in [0.15, 0.2) is 41.6 Å². The lowest BCUT2D eigenvalue weighted by Gasteiger charge is -2.22. The van der Waals surface area contributed by atoms with E-state index in [1.807, 2.05) is 6.07 Å². The average molecular weight is 463 g/mol. The van der Waals surface area contributed by atoms with E-state index >= 15 is 0 Å². The van der Waals surface area contributed by atoms with Gasteiger partial charge < -0.3 is 14.7 Å². The largest absolute Gasteiger partial charge is 0.449 e. The molecule has 2 aromatic rings. The van der Waals surface area contributed by atoms with E-state index < -0.39 is 0 Å². The maximum absolute atomic E-state index is 12.4. The maximum Gasteiger partial charge on any atom is 0.262 e. The number of nitrogens with one attached hydrogen (secondary N) is 2. The SMILES string of the molecule is Cc1cc(=O)[nH]c(Sc2oc(/C=C(\C#N)C(=O)NC3CCCCC3)cc2Br)n1.